The predicted molar refractivity (Wildman–Crippen MR) is 63.6 cm³/mol. The third-order valence-electron chi connectivity index (χ3n) is 3.03. The summed E-state index contributed by atoms with van der Waals surface area (Å²) in [6.45, 7) is 3.14. The van der Waals surface area contributed by atoms with Crippen LogP contribution in [0, 0.1) is 0 Å². The minimum Gasteiger partial charge on any atom is -0.392 e. The summed E-state index contributed by atoms with van der Waals surface area (Å²) < 4.78 is 10.2. The molecule has 96 valence electrons. The number of hydrogen-bond acceptors (Lipinski definition) is 4. The SMILES string of the molecule is COCCOCCCCN[C@@H]1CCC[C@H]1O. The Labute approximate surface area is 98.3 Å². The minimum absolute atomic E-state index is 0.127. The average Bonchev–Trinajstić information content (AvgIpc) is 2.68. The number of hydrogen-bond donors (Lipinski definition) is 2. The summed E-state index contributed by atoms with van der Waals surface area (Å²) in [4.78, 5) is 0. The molecule has 0 saturated heterocycles. The summed E-state index contributed by atoms with van der Waals surface area (Å²) in [5.74, 6) is 0. The number of ether oxygens (including phenoxy) is 2. The van der Waals surface area contributed by atoms with E-state index in [1.54, 1.807) is 7.11 Å². The second-order valence-corrected chi connectivity index (χ2v) is 4.37. The van der Waals surface area contributed by atoms with E-state index in [0.29, 0.717) is 19.3 Å². The van der Waals surface area contributed by atoms with E-state index in [0.717, 1.165) is 45.3 Å². The number of aliphatic hydroxyl groups is 1. The molecule has 1 fully saturated rings. The van der Waals surface area contributed by atoms with Gasteiger partial charge >= 0.3 is 0 Å². The molecular formula is C12H25NO3. The molecule has 0 aliphatic heterocycles. The number of rotatable bonds is 9. The Balaban J connectivity index is 1.81. The van der Waals surface area contributed by atoms with E-state index >= 15 is 0 Å². The fourth-order valence-electron chi connectivity index (χ4n) is 2.04. The minimum atomic E-state index is -0.127. The number of aliphatic hydroxyl groups excluding tert-OH is 1. The average molecular weight is 231 g/mol. The predicted octanol–water partition coefficient (Wildman–Crippen LogP) is 0.933. The van der Waals surface area contributed by atoms with Gasteiger partial charge in [0, 0.05) is 19.8 Å². The Kier molecular flexibility index (Phi) is 7.76. The molecular weight excluding hydrogens is 206 g/mol. The van der Waals surface area contributed by atoms with Gasteiger partial charge in [-0.05, 0) is 38.6 Å². The van der Waals surface area contributed by atoms with Crippen molar-refractivity contribution in [3.8, 4) is 0 Å². The van der Waals surface area contributed by atoms with Gasteiger partial charge in [0.15, 0.2) is 0 Å². The number of nitrogens with one attached hydrogen (secondary N) is 1. The van der Waals surface area contributed by atoms with Crippen LogP contribution in [-0.2, 0) is 9.47 Å². The zero-order chi connectivity index (χ0) is 11.6. The van der Waals surface area contributed by atoms with Gasteiger partial charge in [-0.15, -0.1) is 0 Å². The highest BCUT2D eigenvalue weighted by molar-refractivity contribution is 4.82. The van der Waals surface area contributed by atoms with Gasteiger partial charge in [0.05, 0.1) is 19.3 Å². The van der Waals surface area contributed by atoms with Crippen molar-refractivity contribution < 1.29 is 14.6 Å². The van der Waals surface area contributed by atoms with Crippen LogP contribution in [0.25, 0.3) is 0 Å². The quantitative estimate of drug-likeness (QED) is 0.580. The van der Waals surface area contributed by atoms with Gasteiger partial charge in [-0.25, -0.2) is 0 Å². The Bertz CT molecular complexity index is 166. The molecule has 0 aromatic heterocycles. The maximum atomic E-state index is 9.59. The molecule has 1 aliphatic rings. The third-order valence-corrected chi connectivity index (χ3v) is 3.03. The lowest BCUT2D eigenvalue weighted by atomic mass is 10.2. The van der Waals surface area contributed by atoms with Gasteiger partial charge < -0.3 is 19.9 Å². The Hall–Kier alpha value is -0.160. The molecule has 0 amide bonds. The molecule has 0 radical (unpaired) electrons. The van der Waals surface area contributed by atoms with E-state index in [4.69, 9.17) is 9.47 Å². The van der Waals surface area contributed by atoms with Crippen molar-refractivity contribution in [3.05, 3.63) is 0 Å². The van der Waals surface area contributed by atoms with Crippen molar-refractivity contribution in [2.45, 2.75) is 44.2 Å². The fourth-order valence-corrected chi connectivity index (χ4v) is 2.04. The van der Waals surface area contributed by atoms with Crippen LogP contribution in [0.3, 0.4) is 0 Å². The molecule has 4 heteroatoms. The maximum Gasteiger partial charge on any atom is 0.0700 e. The van der Waals surface area contributed by atoms with Crippen LogP contribution >= 0.6 is 0 Å². The van der Waals surface area contributed by atoms with Crippen molar-refractivity contribution >= 4 is 0 Å². The van der Waals surface area contributed by atoms with Crippen LogP contribution in [0.5, 0.6) is 0 Å². The van der Waals surface area contributed by atoms with Crippen LogP contribution in [0.1, 0.15) is 32.1 Å². The maximum absolute atomic E-state index is 9.59. The highest BCUT2D eigenvalue weighted by Gasteiger charge is 2.23. The lowest BCUT2D eigenvalue weighted by molar-refractivity contribution is 0.0685. The van der Waals surface area contributed by atoms with E-state index in [-0.39, 0.29) is 6.10 Å². The monoisotopic (exact) mass is 231 g/mol. The Morgan fingerprint density at radius 1 is 1.19 bits per heavy atom. The second kappa shape index (κ2) is 8.93. The molecule has 4 nitrogen and oxygen atoms in total. The molecule has 16 heavy (non-hydrogen) atoms. The van der Waals surface area contributed by atoms with Gasteiger partial charge in [-0.2, -0.15) is 0 Å². The molecule has 1 saturated carbocycles. The van der Waals surface area contributed by atoms with Crippen LogP contribution in [0.2, 0.25) is 0 Å². The molecule has 0 bridgehead atoms. The Morgan fingerprint density at radius 2 is 2.06 bits per heavy atom. The Morgan fingerprint density at radius 3 is 2.75 bits per heavy atom. The van der Waals surface area contributed by atoms with E-state index < -0.39 is 0 Å². The van der Waals surface area contributed by atoms with Gasteiger partial charge in [0.2, 0.25) is 0 Å². The van der Waals surface area contributed by atoms with Gasteiger partial charge in [-0.3, -0.25) is 0 Å². The summed E-state index contributed by atoms with van der Waals surface area (Å²) in [5, 5.41) is 13.0. The van der Waals surface area contributed by atoms with Crippen molar-refractivity contribution in [3.63, 3.8) is 0 Å². The first kappa shape index (κ1) is 13.9. The summed E-state index contributed by atoms with van der Waals surface area (Å²) in [7, 11) is 1.68. The van der Waals surface area contributed by atoms with E-state index in [2.05, 4.69) is 5.32 Å². The molecule has 2 N–H and O–H groups in total. The van der Waals surface area contributed by atoms with Crippen LogP contribution in [-0.4, -0.2) is 50.7 Å². The largest absolute Gasteiger partial charge is 0.392 e. The summed E-state index contributed by atoms with van der Waals surface area (Å²) in [6.07, 6.45) is 5.27. The van der Waals surface area contributed by atoms with Gasteiger partial charge in [0.1, 0.15) is 0 Å². The molecule has 0 aromatic carbocycles. The standard InChI is InChI=1S/C12H25NO3/c1-15-9-10-16-8-3-2-7-13-11-5-4-6-12(11)14/h11-14H,2-10H2,1H3/t11-,12-/m1/s1. The smallest absolute Gasteiger partial charge is 0.0700 e. The molecule has 0 spiro atoms. The first-order valence-corrected chi connectivity index (χ1v) is 6.32. The topological polar surface area (TPSA) is 50.7 Å². The molecule has 0 aromatic rings. The first-order chi connectivity index (χ1) is 7.84. The molecule has 1 rings (SSSR count). The molecule has 1 aliphatic carbocycles. The van der Waals surface area contributed by atoms with E-state index in [1.165, 1.54) is 0 Å². The molecule has 2 atom stereocenters. The van der Waals surface area contributed by atoms with Crippen molar-refractivity contribution in [2.75, 3.05) is 33.5 Å². The lowest BCUT2D eigenvalue weighted by Gasteiger charge is -2.16. The second-order valence-electron chi connectivity index (χ2n) is 4.37. The fraction of sp³-hybridized carbons (Fsp3) is 1.00. The normalized spacial score (nSPS) is 25.1. The highest BCUT2D eigenvalue weighted by Crippen LogP contribution is 2.18. The summed E-state index contributed by atoms with van der Waals surface area (Å²) in [5.41, 5.74) is 0. The zero-order valence-electron chi connectivity index (χ0n) is 10.3. The van der Waals surface area contributed by atoms with Crippen molar-refractivity contribution in [1.29, 1.82) is 0 Å². The highest BCUT2D eigenvalue weighted by atomic mass is 16.5. The molecule has 0 heterocycles. The van der Waals surface area contributed by atoms with Crippen molar-refractivity contribution in [2.24, 2.45) is 0 Å². The van der Waals surface area contributed by atoms with Crippen LogP contribution in [0.15, 0.2) is 0 Å². The number of methoxy groups -OCH3 is 1. The molecule has 0 unspecified atom stereocenters. The van der Waals surface area contributed by atoms with Crippen LogP contribution in [0.4, 0.5) is 0 Å². The summed E-state index contributed by atoms with van der Waals surface area (Å²) >= 11 is 0. The summed E-state index contributed by atoms with van der Waals surface area (Å²) in [6, 6.07) is 0.328. The van der Waals surface area contributed by atoms with Gasteiger partial charge in [0.25, 0.3) is 0 Å². The third kappa shape index (κ3) is 5.80. The van der Waals surface area contributed by atoms with Crippen molar-refractivity contribution in [1.82, 2.24) is 5.32 Å². The van der Waals surface area contributed by atoms with Crippen LogP contribution < -0.4 is 5.32 Å². The van der Waals surface area contributed by atoms with E-state index in [1.807, 2.05) is 0 Å². The van der Waals surface area contributed by atoms with E-state index in [9.17, 15) is 5.11 Å². The number of unbranched alkanes of at least 4 members (excludes halogenated alkanes) is 1. The zero-order valence-corrected chi connectivity index (χ0v) is 10.3. The first-order valence-electron chi connectivity index (χ1n) is 6.32. The lowest BCUT2D eigenvalue weighted by Crippen LogP contribution is -2.36. The van der Waals surface area contributed by atoms with Gasteiger partial charge in [-0.1, -0.05) is 0 Å².